The van der Waals surface area contributed by atoms with E-state index in [-0.39, 0.29) is 18.6 Å². The fourth-order valence-corrected chi connectivity index (χ4v) is 3.00. The minimum absolute atomic E-state index is 0.0275. The van der Waals surface area contributed by atoms with Gasteiger partial charge in [-0.25, -0.2) is 0 Å². The largest absolute Gasteiger partial charge is 0.394 e. The van der Waals surface area contributed by atoms with Crippen molar-refractivity contribution < 1.29 is 9.90 Å². The van der Waals surface area contributed by atoms with Crippen LogP contribution in [0.5, 0.6) is 0 Å². The SMILES string of the molecule is CC(C)(C(=O)N1CCCC1CO)N1CCNCC1. The quantitative estimate of drug-likeness (QED) is 0.724. The molecule has 1 unspecified atom stereocenters. The number of amides is 1. The number of aliphatic hydroxyl groups excluding tert-OH is 1. The predicted molar refractivity (Wildman–Crippen MR) is 70.3 cm³/mol. The molecule has 2 rings (SSSR count). The standard InChI is InChI=1S/C13H25N3O2/c1-13(2,15-8-5-14-6-9-15)12(18)16-7-3-4-11(16)10-17/h11,14,17H,3-10H2,1-2H3. The van der Waals surface area contributed by atoms with Crippen molar-refractivity contribution in [3.8, 4) is 0 Å². The van der Waals surface area contributed by atoms with Gasteiger partial charge in [-0.1, -0.05) is 0 Å². The molecule has 2 N–H and O–H groups in total. The average Bonchev–Trinajstić information content (AvgIpc) is 2.87. The van der Waals surface area contributed by atoms with Crippen LogP contribution in [0.15, 0.2) is 0 Å². The van der Waals surface area contributed by atoms with Gasteiger partial charge in [0.05, 0.1) is 18.2 Å². The number of hydrogen-bond donors (Lipinski definition) is 2. The summed E-state index contributed by atoms with van der Waals surface area (Å²) in [4.78, 5) is 16.8. The van der Waals surface area contributed by atoms with Gasteiger partial charge in [-0.3, -0.25) is 9.69 Å². The molecule has 5 heteroatoms. The Kier molecular flexibility index (Phi) is 4.25. The summed E-state index contributed by atoms with van der Waals surface area (Å²) in [5.74, 6) is 0.168. The second kappa shape index (κ2) is 5.55. The monoisotopic (exact) mass is 255 g/mol. The van der Waals surface area contributed by atoms with E-state index in [4.69, 9.17) is 0 Å². The molecule has 5 nitrogen and oxygen atoms in total. The van der Waals surface area contributed by atoms with E-state index >= 15 is 0 Å². The number of rotatable bonds is 3. The Morgan fingerprint density at radius 3 is 2.61 bits per heavy atom. The molecule has 0 spiro atoms. The molecule has 1 amide bonds. The average molecular weight is 255 g/mol. The fraction of sp³-hybridized carbons (Fsp3) is 0.923. The van der Waals surface area contributed by atoms with Gasteiger partial charge in [-0.05, 0) is 26.7 Å². The second-order valence-corrected chi connectivity index (χ2v) is 5.77. The Balaban J connectivity index is 2.05. The number of carbonyl (C=O) groups excluding carboxylic acids is 1. The third-order valence-corrected chi connectivity index (χ3v) is 4.28. The van der Waals surface area contributed by atoms with Gasteiger partial charge in [0, 0.05) is 32.7 Å². The third kappa shape index (κ3) is 2.53. The Bertz CT molecular complexity index is 301. The lowest BCUT2D eigenvalue weighted by molar-refractivity contribution is -0.144. The normalized spacial score (nSPS) is 26.6. The molecular weight excluding hydrogens is 230 g/mol. The van der Waals surface area contributed by atoms with Gasteiger partial charge in [0.1, 0.15) is 0 Å². The fourth-order valence-electron chi connectivity index (χ4n) is 3.00. The maximum atomic E-state index is 12.7. The molecule has 2 aliphatic heterocycles. The van der Waals surface area contributed by atoms with E-state index in [9.17, 15) is 9.90 Å². The molecule has 2 saturated heterocycles. The van der Waals surface area contributed by atoms with Crippen molar-refractivity contribution in [1.82, 2.24) is 15.1 Å². The highest BCUT2D eigenvalue weighted by Gasteiger charge is 2.41. The van der Waals surface area contributed by atoms with E-state index < -0.39 is 5.54 Å². The molecular formula is C13H25N3O2. The van der Waals surface area contributed by atoms with Crippen LogP contribution in [0, 0.1) is 0 Å². The zero-order valence-electron chi connectivity index (χ0n) is 11.5. The van der Waals surface area contributed by atoms with Gasteiger partial charge >= 0.3 is 0 Å². The highest BCUT2D eigenvalue weighted by atomic mass is 16.3. The number of nitrogens with zero attached hydrogens (tertiary/aromatic N) is 2. The Morgan fingerprint density at radius 1 is 1.33 bits per heavy atom. The molecule has 0 bridgehead atoms. The molecule has 0 aromatic rings. The summed E-state index contributed by atoms with van der Waals surface area (Å²) >= 11 is 0. The maximum absolute atomic E-state index is 12.7. The van der Waals surface area contributed by atoms with Gasteiger partial charge in [0.15, 0.2) is 0 Å². The Morgan fingerprint density at radius 2 is 2.00 bits per heavy atom. The van der Waals surface area contributed by atoms with E-state index in [0.29, 0.717) is 0 Å². The minimum Gasteiger partial charge on any atom is -0.394 e. The summed E-state index contributed by atoms with van der Waals surface area (Å²) in [5, 5.41) is 12.7. The van der Waals surface area contributed by atoms with E-state index in [2.05, 4.69) is 10.2 Å². The van der Waals surface area contributed by atoms with Crippen molar-refractivity contribution in [3.05, 3.63) is 0 Å². The van der Waals surface area contributed by atoms with Crippen molar-refractivity contribution in [2.45, 2.75) is 38.3 Å². The summed E-state index contributed by atoms with van der Waals surface area (Å²) in [6.45, 7) is 8.61. The molecule has 0 radical (unpaired) electrons. The zero-order chi connectivity index (χ0) is 13.2. The Hall–Kier alpha value is -0.650. The van der Waals surface area contributed by atoms with Crippen LogP contribution in [0.3, 0.4) is 0 Å². The van der Waals surface area contributed by atoms with Crippen LogP contribution in [0.4, 0.5) is 0 Å². The summed E-state index contributed by atoms with van der Waals surface area (Å²) in [6, 6.07) is 0.0275. The highest BCUT2D eigenvalue weighted by Crippen LogP contribution is 2.24. The summed E-state index contributed by atoms with van der Waals surface area (Å²) < 4.78 is 0. The number of aliphatic hydroxyl groups is 1. The van der Waals surface area contributed by atoms with Crippen LogP contribution in [0.1, 0.15) is 26.7 Å². The number of nitrogens with one attached hydrogen (secondary N) is 1. The van der Waals surface area contributed by atoms with Crippen LogP contribution in [0.25, 0.3) is 0 Å². The van der Waals surface area contributed by atoms with Gasteiger partial charge in [-0.2, -0.15) is 0 Å². The van der Waals surface area contributed by atoms with Crippen LogP contribution < -0.4 is 5.32 Å². The van der Waals surface area contributed by atoms with Crippen LogP contribution in [0.2, 0.25) is 0 Å². The summed E-state index contributed by atoms with van der Waals surface area (Å²) in [5.41, 5.74) is -0.458. The van der Waals surface area contributed by atoms with Gasteiger partial charge in [0.2, 0.25) is 5.91 Å². The molecule has 0 saturated carbocycles. The minimum atomic E-state index is -0.458. The molecule has 104 valence electrons. The number of likely N-dealkylation sites (tertiary alicyclic amines) is 1. The lowest BCUT2D eigenvalue weighted by Gasteiger charge is -2.42. The molecule has 0 aromatic carbocycles. The Labute approximate surface area is 109 Å². The van der Waals surface area contributed by atoms with Crippen LogP contribution >= 0.6 is 0 Å². The summed E-state index contributed by atoms with van der Waals surface area (Å²) in [7, 11) is 0. The van der Waals surface area contributed by atoms with E-state index in [0.717, 1.165) is 45.6 Å². The zero-order valence-corrected chi connectivity index (χ0v) is 11.5. The van der Waals surface area contributed by atoms with Gasteiger partial charge in [0.25, 0.3) is 0 Å². The van der Waals surface area contributed by atoms with Gasteiger partial charge in [-0.15, -0.1) is 0 Å². The van der Waals surface area contributed by atoms with E-state index in [1.165, 1.54) is 0 Å². The lowest BCUT2D eigenvalue weighted by Crippen LogP contribution is -2.61. The third-order valence-electron chi connectivity index (χ3n) is 4.28. The first-order chi connectivity index (χ1) is 8.57. The van der Waals surface area contributed by atoms with Crippen molar-refractivity contribution in [2.75, 3.05) is 39.3 Å². The second-order valence-electron chi connectivity index (χ2n) is 5.77. The van der Waals surface area contributed by atoms with Crippen LogP contribution in [-0.2, 0) is 4.79 Å². The number of carbonyl (C=O) groups is 1. The molecule has 18 heavy (non-hydrogen) atoms. The number of piperazine rings is 1. The van der Waals surface area contributed by atoms with E-state index in [1.807, 2.05) is 18.7 Å². The summed E-state index contributed by atoms with van der Waals surface area (Å²) in [6.07, 6.45) is 1.94. The topological polar surface area (TPSA) is 55.8 Å². The first kappa shape index (κ1) is 13.8. The molecule has 2 heterocycles. The molecule has 1 atom stereocenters. The first-order valence-corrected chi connectivity index (χ1v) is 6.95. The molecule has 0 aliphatic carbocycles. The van der Waals surface area contributed by atoms with Gasteiger partial charge < -0.3 is 15.3 Å². The highest BCUT2D eigenvalue weighted by molar-refractivity contribution is 5.86. The molecule has 0 aromatic heterocycles. The lowest BCUT2D eigenvalue weighted by atomic mass is 9.99. The van der Waals surface area contributed by atoms with E-state index in [1.54, 1.807) is 0 Å². The molecule has 2 fully saturated rings. The number of hydrogen-bond acceptors (Lipinski definition) is 4. The molecule has 2 aliphatic rings. The van der Waals surface area contributed by atoms with Crippen molar-refractivity contribution in [1.29, 1.82) is 0 Å². The van der Waals surface area contributed by atoms with Crippen molar-refractivity contribution in [2.24, 2.45) is 0 Å². The van der Waals surface area contributed by atoms with Crippen molar-refractivity contribution >= 4 is 5.91 Å². The smallest absolute Gasteiger partial charge is 0.242 e. The maximum Gasteiger partial charge on any atom is 0.242 e. The van der Waals surface area contributed by atoms with Crippen molar-refractivity contribution in [3.63, 3.8) is 0 Å². The predicted octanol–water partition coefficient (Wildman–Crippen LogP) is -0.346. The van der Waals surface area contributed by atoms with Crippen LogP contribution in [-0.4, -0.2) is 71.7 Å². The first-order valence-electron chi connectivity index (χ1n) is 6.95.